The Bertz CT molecular complexity index is 591. The molecule has 1 N–H and O–H groups in total. The molecule has 1 aromatic carbocycles. The predicted molar refractivity (Wildman–Crippen MR) is 79.0 cm³/mol. The van der Waals surface area contributed by atoms with Crippen molar-refractivity contribution >= 4 is 10.9 Å². The van der Waals surface area contributed by atoms with Gasteiger partial charge in [-0.1, -0.05) is 18.2 Å². The first-order valence-corrected chi connectivity index (χ1v) is 6.42. The van der Waals surface area contributed by atoms with Gasteiger partial charge in [-0.2, -0.15) is 0 Å². The van der Waals surface area contributed by atoms with Crippen LogP contribution in [-0.4, -0.2) is 11.6 Å². The maximum atomic E-state index is 4.02. The van der Waals surface area contributed by atoms with Gasteiger partial charge in [-0.3, -0.25) is 0 Å². The Balaban J connectivity index is 2.60. The van der Waals surface area contributed by atoms with Gasteiger partial charge < -0.3 is 9.88 Å². The number of aryl methyl sites for hydroxylation is 1. The summed E-state index contributed by atoms with van der Waals surface area (Å²) in [6, 6.07) is 6.72. The van der Waals surface area contributed by atoms with Crippen molar-refractivity contribution in [3.05, 3.63) is 47.2 Å². The smallest absolute Gasteiger partial charge is 0.0488 e. The Morgan fingerprint density at radius 3 is 2.67 bits per heavy atom. The molecule has 0 radical (unpaired) electrons. The molecule has 2 nitrogen and oxygen atoms in total. The third-order valence-corrected chi connectivity index (χ3v) is 3.51. The fourth-order valence-corrected chi connectivity index (χ4v) is 2.48. The minimum Gasteiger partial charge on any atom is -0.341 e. The number of benzene rings is 1. The van der Waals surface area contributed by atoms with Crippen LogP contribution < -0.4 is 5.32 Å². The molecule has 2 rings (SSSR count). The summed E-state index contributed by atoms with van der Waals surface area (Å²) in [5.74, 6) is 0. The second-order valence-electron chi connectivity index (χ2n) is 5.14. The summed E-state index contributed by atoms with van der Waals surface area (Å²) in [7, 11) is 1.98. The van der Waals surface area contributed by atoms with E-state index in [2.05, 4.69) is 55.4 Å². The van der Waals surface area contributed by atoms with Gasteiger partial charge in [0.1, 0.15) is 0 Å². The molecule has 96 valence electrons. The van der Waals surface area contributed by atoms with E-state index >= 15 is 0 Å². The van der Waals surface area contributed by atoms with Crippen LogP contribution in [0.15, 0.2) is 30.4 Å². The quantitative estimate of drug-likeness (QED) is 0.811. The highest BCUT2D eigenvalue weighted by molar-refractivity contribution is 5.86. The first-order valence-electron chi connectivity index (χ1n) is 6.42. The van der Waals surface area contributed by atoms with E-state index in [1.165, 1.54) is 33.3 Å². The molecule has 0 bridgehead atoms. The summed E-state index contributed by atoms with van der Waals surface area (Å²) < 4.78 is 2.36. The summed E-state index contributed by atoms with van der Waals surface area (Å²) in [5.41, 5.74) is 6.56. The first-order chi connectivity index (χ1) is 8.54. The number of aromatic nitrogens is 1. The molecule has 0 fully saturated rings. The summed E-state index contributed by atoms with van der Waals surface area (Å²) in [6.45, 7) is 12.3. The molecular weight excluding hydrogens is 220 g/mol. The molecule has 0 spiro atoms. The number of hydrogen-bond acceptors (Lipinski definition) is 1. The van der Waals surface area contributed by atoms with Crippen molar-refractivity contribution < 1.29 is 0 Å². The second-order valence-corrected chi connectivity index (χ2v) is 5.14. The highest BCUT2D eigenvalue weighted by Crippen LogP contribution is 2.26. The van der Waals surface area contributed by atoms with E-state index in [1.807, 2.05) is 7.05 Å². The molecule has 0 saturated heterocycles. The summed E-state index contributed by atoms with van der Waals surface area (Å²) in [4.78, 5) is 0. The molecule has 1 heterocycles. The van der Waals surface area contributed by atoms with E-state index < -0.39 is 0 Å². The first kappa shape index (κ1) is 12.9. The maximum Gasteiger partial charge on any atom is 0.0488 e. The highest BCUT2D eigenvalue weighted by atomic mass is 15.0. The van der Waals surface area contributed by atoms with E-state index in [4.69, 9.17) is 0 Å². The van der Waals surface area contributed by atoms with Crippen LogP contribution in [0, 0.1) is 13.8 Å². The number of hydrogen-bond donors (Lipinski definition) is 1. The average molecular weight is 242 g/mol. The van der Waals surface area contributed by atoms with Gasteiger partial charge in [0, 0.05) is 29.7 Å². The molecule has 0 aliphatic rings. The Hall–Kier alpha value is -1.54. The lowest BCUT2D eigenvalue weighted by Crippen LogP contribution is -2.04. The van der Waals surface area contributed by atoms with Gasteiger partial charge >= 0.3 is 0 Å². The predicted octanol–water partition coefficient (Wildman–Crippen LogP) is 3.55. The topological polar surface area (TPSA) is 17.0 Å². The molecule has 0 atom stereocenters. The lowest BCUT2D eigenvalue weighted by atomic mass is 10.1. The monoisotopic (exact) mass is 242 g/mol. The Labute approximate surface area is 109 Å². The fourth-order valence-electron chi connectivity index (χ4n) is 2.48. The van der Waals surface area contributed by atoms with Crippen molar-refractivity contribution in [3.63, 3.8) is 0 Å². The van der Waals surface area contributed by atoms with Crippen molar-refractivity contribution in [1.29, 1.82) is 0 Å². The van der Waals surface area contributed by atoms with E-state index in [1.54, 1.807) is 0 Å². The lowest BCUT2D eigenvalue weighted by Gasteiger charge is -2.08. The van der Waals surface area contributed by atoms with Gasteiger partial charge in [0.2, 0.25) is 0 Å². The van der Waals surface area contributed by atoms with Gasteiger partial charge in [0.25, 0.3) is 0 Å². The Morgan fingerprint density at radius 2 is 2.06 bits per heavy atom. The number of fused-ring (bicyclic) bond motifs is 1. The third-order valence-electron chi connectivity index (χ3n) is 3.51. The van der Waals surface area contributed by atoms with Crippen LogP contribution in [0.1, 0.15) is 23.7 Å². The van der Waals surface area contributed by atoms with Crippen molar-refractivity contribution in [2.75, 3.05) is 7.05 Å². The number of rotatable bonds is 4. The molecule has 0 saturated carbocycles. The van der Waals surface area contributed by atoms with Crippen LogP contribution >= 0.6 is 0 Å². The molecule has 1 aromatic heterocycles. The zero-order chi connectivity index (χ0) is 13.3. The van der Waals surface area contributed by atoms with E-state index in [9.17, 15) is 0 Å². The van der Waals surface area contributed by atoms with Gasteiger partial charge in [-0.15, -0.1) is 0 Å². The minimum absolute atomic E-state index is 0.904. The van der Waals surface area contributed by atoms with Crippen molar-refractivity contribution in [2.24, 2.45) is 0 Å². The number of nitrogens with one attached hydrogen (secondary N) is 1. The van der Waals surface area contributed by atoms with Gasteiger partial charge in [0.05, 0.1) is 0 Å². The zero-order valence-corrected chi connectivity index (χ0v) is 11.8. The minimum atomic E-state index is 0.904. The van der Waals surface area contributed by atoms with Crippen molar-refractivity contribution in [3.8, 4) is 0 Å². The molecule has 0 amide bonds. The summed E-state index contributed by atoms with van der Waals surface area (Å²) in [6.07, 6.45) is 0. The van der Waals surface area contributed by atoms with E-state index in [0.29, 0.717) is 0 Å². The summed E-state index contributed by atoms with van der Waals surface area (Å²) in [5, 5.41) is 4.56. The van der Waals surface area contributed by atoms with Gasteiger partial charge in [-0.25, -0.2) is 0 Å². The molecular formula is C16H22N2. The average Bonchev–Trinajstić information content (AvgIpc) is 2.55. The van der Waals surface area contributed by atoms with Crippen LogP contribution in [0.4, 0.5) is 0 Å². The van der Waals surface area contributed by atoms with Crippen LogP contribution in [-0.2, 0) is 13.1 Å². The molecule has 0 unspecified atom stereocenters. The fraction of sp³-hybridized carbons (Fsp3) is 0.375. The zero-order valence-electron chi connectivity index (χ0n) is 11.8. The number of nitrogens with zero attached hydrogens (tertiary/aromatic N) is 1. The van der Waals surface area contributed by atoms with Crippen molar-refractivity contribution in [2.45, 2.75) is 33.9 Å². The molecule has 18 heavy (non-hydrogen) atoms. The van der Waals surface area contributed by atoms with E-state index in [-0.39, 0.29) is 0 Å². The van der Waals surface area contributed by atoms with Crippen molar-refractivity contribution in [1.82, 2.24) is 9.88 Å². The van der Waals surface area contributed by atoms with Crippen LogP contribution in [0.5, 0.6) is 0 Å². The largest absolute Gasteiger partial charge is 0.341 e. The normalized spacial score (nSPS) is 11.1. The lowest BCUT2D eigenvalue weighted by molar-refractivity contribution is 0.788. The molecule has 2 heteroatoms. The highest BCUT2D eigenvalue weighted by Gasteiger charge is 2.11. The van der Waals surface area contributed by atoms with Crippen LogP contribution in [0.25, 0.3) is 10.9 Å². The molecule has 2 aromatic rings. The van der Waals surface area contributed by atoms with Gasteiger partial charge in [0.15, 0.2) is 0 Å². The van der Waals surface area contributed by atoms with E-state index in [0.717, 1.165) is 13.1 Å². The Kier molecular flexibility index (Phi) is 3.58. The summed E-state index contributed by atoms with van der Waals surface area (Å²) >= 11 is 0. The third kappa shape index (κ3) is 2.21. The van der Waals surface area contributed by atoms with Crippen LogP contribution in [0.3, 0.4) is 0 Å². The number of allylic oxidation sites excluding steroid dienone is 1. The Morgan fingerprint density at radius 1 is 1.33 bits per heavy atom. The maximum absolute atomic E-state index is 4.02. The van der Waals surface area contributed by atoms with Crippen LogP contribution in [0.2, 0.25) is 0 Å². The second kappa shape index (κ2) is 4.99. The standard InChI is InChI=1S/C16H22N2/c1-11(2)10-18-13(4)12(3)15-8-14(9-17-5)6-7-16(15)18/h6-8,17H,1,9-10H2,2-5H3. The van der Waals surface area contributed by atoms with Gasteiger partial charge in [-0.05, 0) is 51.1 Å². The molecule has 0 aliphatic carbocycles. The SMILES string of the molecule is C=C(C)Cn1c(C)c(C)c2cc(CNC)ccc21. The molecule has 0 aliphatic heterocycles.